The lowest BCUT2D eigenvalue weighted by Gasteiger charge is -2.25. The highest BCUT2D eigenvalue weighted by Gasteiger charge is 2.24. The van der Waals surface area contributed by atoms with Gasteiger partial charge in [0.2, 0.25) is 0 Å². The van der Waals surface area contributed by atoms with Crippen molar-refractivity contribution in [1.29, 1.82) is 0 Å². The standard InChI is InChI=1S/C23H24O2/c1-17-13-15-19(16-14-17)25-21-12-8-11-20(22(21)23(2,3)4)24-18-9-6-5-7-10-18/h5-16H,1-4H3. The van der Waals surface area contributed by atoms with Gasteiger partial charge in [0.1, 0.15) is 23.0 Å². The molecular formula is C23H24O2. The number of benzene rings is 3. The minimum Gasteiger partial charge on any atom is -0.457 e. The molecule has 2 heteroatoms. The monoisotopic (exact) mass is 332 g/mol. The molecule has 0 saturated heterocycles. The Labute approximate surface area is 150 Å². The van der Waals surface area contributed by atoms with E-state index in [0.29, 0.717) is 0 Å². The van der Waals surface area contributed by atoms with E-state index in [9.17, 15) is 0 Å². The van der Waals surface area contributed by atoms with Gasteiger partial charge in [-0.25, -0.2) is 0 Å². The fraction of sp³-hybridized carbons (Fsp3) is 0.217. The average Bonchev–Trinajstić information content (AvgIpc) is 2.57. The van der Waals surface area contributed by atoms with Crippen molar-refractivity contribution < 1.29 is 9.47 Å². The summed E-state index contributed by atoms with van der Waals surface area (Å²) in [6.07, 6.45) is 0. The van der Waals surface area contributed by atoms with E-state index in [4.69, 9.17) is 9.47 Å². The molecule has 0 heterocycles. The van der Waals surface area contributed by atoms with Crippen LogP contribution in [0.5, 0.6) is 23.0 Å². The van der Waals surface area contributed by atoms with Gasteiger partial charge in [0.05, 0.1) is 0 Å². The van der Waals surface area contributed by atoms with Crippen LogP contribution in [0.4, 0.5) is 0 Å². The van der Waals surface area contributed by atoms with E-state index in [-0.39, 0.29) is 5.41 Å². The maximum Gasteiger partial charge on any atom is 0.134 e. The molecule has 0 spiro atoms. The van der Waals surface area contributed by atoms with Crippen molar-refractivity contribution in [3.63, 3.8) is 0 Å². The molecule has 0 aliphatic heterocycles. The number of para-hydroxylation sites is 1. The lowest BCUT2D eigenvalue weighted by Crippen LogP contribution is -2.14. The Morgan fingerprint density at radius 1 is 0.600 bits per heavy atom. The van der Waals surface area contributed by atoms with Crippen LogP contribution in [-0.4, -0.2) is 0 Å². The van der Waals surface area contributed by atoms with Gasteiger partial charge >= 0.3 is 0 Å². The molecule has 3 aromatic carbocycles. The molecular weight excluding hydrogens is 308 g/mol. The van der Waals surface area contributed by atoms with Crippen molar-refractivity contribution in [3.8, 4) is 23.0 Å². The Morgan fingerprint density at radius 3 is 1.64 bits per heavy atom. The predicted molar refractivity (Wildman–Crippen MR) is 103 cm³/mol. The molecule has 3 aromatic rings. The fourth-order valence-corrected chi connectivity index (χ4v) is 2.77. The minimum absolute atomic E-state index is 0.120. The molecule has 0 atom stereocenters. The Hall–Kier alpha value is -2.74. The summed E-state index contributed by atoms with van der Waals surface area (Å²) in [6.45, 7) is 8.57. The van der Waals surface area contributed by atoms with Crippen molar-refractivity contribution >= 4 is 0 Å². The largest absolute Gasteiger partial charge is 0.457 e. The van der Waals surface area contributed by atoms with Gasteiger partial charge in [-0.2, -0.15) is 0 Å². The summed E-state index contributed by atoms with van der Waals surface area (Å²) >= 11 is 0. The first-order chi connectivity index (χ1) is 11.9. The maximum atomic E-state index is 6.19. The minimum atomic E-state index is -0.120. The first-order valence-electron chi connectivity index (χ1n) is 8.54. The van der Waals surface area contributed by atoms with Crippen LogP contribution in [0, 0.1) is 6.92 Å². The van der Waals surface area contributed by atoms with Gasteiger partial charge in [-0.1, -0.05) is 62.7 Å². The van der Waals surface area contributed by atoms with Crippen LogP contribution in [0.1, 0.15) is 31.9 Å². The molecule has 0 N–H and O–H groups in total. The van der Waals surface area contributed by atoms with Gasteiger partial charge in [-0.05, 0) is 48.7 Å². The van der Waals surface area contributed by atoms with E-state index in [2.05, 4.69) is 39.8 Å². The highest BCUT2D eigenvalue weighted by atomic mass is 16.5. The summed E-state index contributed by atoms with van der Waals surface area (Å²) in [6, 6.07) is 23.9. The van der Waals surface area contributed by atoms with E-state index in [1.54, 1.807) is 0 Å². The van der Waals surface area contributed by atoms with Crippen LogP contribution in [0.25, 0.3) is 0 Å². The van der Waals surface area contributed by atoms with Crippen LogP contribution in [-0.2, 0) is 5.41 Å². The van der Waals surface area contributed by atoms with Gasteiger partial charge in [0, 0.05) is 5.56 Å². The number of ether oxygens (including phenoxy) is 2. The zero-order chi connectivity index (χ0) is 17.9. The molecule has 0 radical (unpaired) electrons. The van der Waals surface area contributed by atoms with Gasteiger partial charge in [0.25, 0.3) is 0 Å². The number of rotatable bonds is 4. The molecule has 0 aromatic heterocycles. The topological polar surface area (TPSA) is 18.5 Å². The van der Waals surface area contributed by atoms with Crippen LogP contribution in [0.2, 0.25) is 0 Å². The smallest absolute Gasteiger partial charge is 0.134 e. The molecule has 3 rings (SSSR count). The van der Waals surface area contributed by atoms with Crippen LogP contribution in [0.3, 0.4) is 0 Å². The lowest BCUT2D eigenvalue weighted by atomic mass is 9.85. The summed E-state index contributed by atoms with van der Waals surface area (Å²) in [7, 11) is 0. The molecule has 0 unspecified atom stereocenters. The Kier molecular flexibility index (Phi) is 4.80. The second-order valence-corrected chi connectivity index (χ2v) is 7.21. The number of hydrogen-bond acceptors (Lipinski definition) is 2. The normalized spacial score (nSPS) is 11.2. The Balaban J connectivity index is 2.00. The quantitative estimate of drug-likeness (QED) is 0.518. The van der Waals surface area contributed by atoms with Crippen molar-refractivity contribution in [1.82, 2.24) is 0 Å². The van der Waals surface area contributed by atoms with E-state index in [1.165, 1.54) is 5.56 Å². The number of aryl methyl sites for hydroxylation is 1. The second kappa shape index (κ2) is 7.02. The summed E-state index contributed by atoms with van der Waals surface area (Å²) in [4.78, 5) is 0. The summed E-state index contributed by atoms with van der Waals surface area (Å²) in [5.74, 6) is 3.29. The molecule has 0 aliphatic carbocycles. The fourth-order valence-electron chi connectivity index (χ4n) is 2.77. The van der Waals surface area contributed by atoms with Crippen molar-refractivity contribution in [3.05, 3.63) is 83.9 Å². The van der Waals surface area contributed by atoms with Gasteiger partial charge < -0.3 is 9.47 Å². The molecule has 0 aliphatic rings. The molecule has 0 bridgehead atoms. The predicted octanol–water partition coefficient (Wildman–Crippen LogP) is 6.88. The third kappa shape index (κ3) is 4.21. The average molecular weight is 332 g/mol. The second-order valence-electron chi connectivity index (χ2n) is 7.21. The highest BCUT2D eigenvalue weighted by molar-refractivity contribution is 5.52. The molecule has 0 amide bonds. The third-order valence-electron chi connectivity index (χ3n) is 3.96. The molecule has 0 saturated carbocycles. The third-order valence-corrected chi connectivity index (χ3v) is 3.96. The van der Waals surface area contributed by atoms with Gasteiger partial charge in [0.15, 0.2) is 0 Å². The maximum absolute atomic E-state index is 6.19. The summed E-state index contributed by atoms with van der Waals surface area (Å²) in [5.41, 5.74) is 2.15. The molecule has 2 nitrogen and oxygen atoms in total. The zero-order valence-electron chi connectivity index (χ0n) is 15.2. The van der Waals surface area contributed by atoms with E-state index in [0.717, 1.165) is 28.6 Å². The van der Waals surface area contributed by atoms with Crippen LogP contribution >= 0.6 is 0 Å². The highest BCUT2D eigenvalue weighted by Crippen LogP contribution is 2.42. The SMILES string of the molecule is Cc1ccc(Oc2cccc(Oc3ccccc3)c2C(C)(C)C)cc1. The Morgan fingerprint density at radius 2 is 1.12 bits per heavy atom. The van der Waals surface area contributed by atoms with Gasteiger partial charge in [-0.15, -0.1) is 0 Å². The first-order valence-corrected chi connectivity index (χ1v) is 8.54. The molecule has 25 heavy (non-hydrogen) atoms. The van der Waals surface area contributed by atoms with E-state index < -0.39 is 0 Å². The van der Waals surface area contributed by atoms with Gasteiger partial charge in [-0.3, -0.25) is 0 Å². The number of hydrogen-bond donors (Lipinski definition) is 0. The molecule has 0 fully saturated rings. The van der Waals surface area contributed by atoms with Crippen LogP contribution in [0.15, 0.2) is 72.8 Å². The lowest BCUT2D eigenvalue weighted by molar-refractivity contribution is 0.421. The van der Waals surface area contributed by atoms with E-state index in [1.807, 2.05) is 60.7 Å². The summed E-state index contributed by atoms with van der Waals surface area (Å²) in [5, 5.41) is 0. The summed E-state index contributed by atoms with van der Waals surface area (Å²) < 4.78 is 12.3. The molecule has 128 valence electrons. The van der Waals surface area contributed by atoms with E-state index >= 15 is 0 Å². The van der Waals surface area contributed by atoms with Crippen molar-refractivity contribution in [2.75, 3.05) is 0 Å². The first kappa shape index (κ1) is 17.1. The van der Waals surface area contributed by atoms with Crippen molar-refractivity contribution in [2.24, 2.45) is 0 Å². The Bertz CT molecular complexity index is 828. The van der Waals surface area contributed by atoms with Crippen LogP contribution < -0.4 is 9.47 Å². The van der Waals surface area contributed by atoms with Crippen molar-refractivity contribution in [2.45, 2.75) is 33.1 Å². The zero-order valence-corrected chi connectivity index (χ0v) is 15.2.